The first-order chi connectivity index (χ1) is 9.47. The van der Waals surface area contributed by atoms with Gasteiger partial charge in [0.15, 0.2) is 0 Å². The van der Waals surface area contributed by atoms with Crippen LogP contribution in [0.3, 0.4) is 0 Å². The molecule has 0 radical (unpaired) electrons. The second-order valence-electron chi connectivity index (χ2n) is 5.85. The van der Waals surface area contributed by atoms with Crippen LogP contribution < -0.4 is 11.1 Å². The third-order valence-corrected chi connectivity index (χ3v) is 4.43. The predicted molar refractivity (Wildman–Crippen MR) is 80.4 cm³/mol. The highest BCUT2D eigenvalue weighted by Gasteiger charge is 2.20. The Labute approximate surface area is 121 Å². The quantitative estimate of drug-likeness (QED) is 0.832. The Hall–Kier alpha value is -1.33. The Bertz CT molecular complexity index is 472. The molecule has 1 saturated heterocycles. The van der Waals surface area contributed by atoms with Gasteiger partial charge in [-0.25, -0.2) is 0 Å². The van der Waals surface area contributed by atoms with E-state index in [1.807, 2.05) is 0 Å². The maximum absolute atomic E-state index is 10.9. The Morgan fingerprint density at radius 2 is 2.05 bits per heavy atom. The number of carbonyl (C=O) groups is 1. The van der Waals surface area contributed by atoms with E-state index in [9.17, 15) is 4.79 Å². The molecule has 1 aromatic heterocycles. The summed E-state index contributed by atoms with van der Waals surface area (Å²) in [7, 11) is 2.11. The zero-order valence-corrected chi connectivity index (χ0v) is 12.8. The van der Waals surface area contributed by atoms with Gasteiger partial charge < -0.3 is 15.6 Å². The van der Waals surface area contributed by atoms with E-state index < -0.39 is 0 Å². The fraction of sp³-hybridized carbons (Fsp3) is 0.667. The first kappa shape index (κ1) is 15.1. The van der Waals surface area contributed by atoms with E-state index in [2.05, 4.69) is 41.7 Å². The minimum absolute atomic E-state index is 0.230. The molecule has 1 aromatic rings. The molecule has 2 heterocycles. The first-order valence-electron chi connectivity index (χ1n) is 7.33. The summed E-state index contributed by atoms with van der Waals surface area (Å²) in [5.74, 6) is -0.230. The molecule has 20 heavy (non-hydrogen) atoms. The number of hydrogen-bond donors (Lipinski definition) is 2. The van der Waals surface area contributed by atoms with Gasteiger partial charge in [0, 0.05) is 44.1 Å². The Kier molecular flexibility index (Phi) is 4.83. The minimum Gasteiger partial charge on any atom is -0.369 e. The van der Waals surface area contributed by atoms with E-state index in [1.165, 1.54) is 17.0 Å². The highest BCUT2D eigenvalue weighted by Crippen LogP contribution is 2.15. The largest absolute Gasteiger partial charge is 0.369 e. The molecule has 0 bridgehead atoms. The molecule has 2 rings (SSSR count). The zero-order valence-electron chi connectivity index (χ0n) is 12.8. The van der Waals surface area contributed by atoms with Gasteiger partial charge in [0.05, 0.1) is 6.54 Å². The van der Waals surface area contributed by atoms with Crippen LogP contribution in [0.2, 0.25) is 0 Å². The number of amides is 1. The predicted octanol–water partition coefficient (Wildman–Crippen LogP) is 0.681. The number of aromatic nitrogens is 1. The van der Waals surface area contributed by atoms with Crippen molar-refractivity contribution in [3.63, 3.8) is 0 Å². The molecule has 1 amide bonds. The SMILES string of the molecule is Cc1cc(CNC2CCN(CC(N)=O)CC2)c(C)n1C. The number of nitrogens with one attached hydrogen (secondary N) is 1. The summed E-state index contributed by atoms with van der Waals surface area (Å²) >= 11 is 0. The van der Waals surface area contributed by atoms with Crippen LogP contribution in [0.1, 0.15) is 29.8 Å². The van der Waals surface area contributed by atoms with Crippen LogP contribution in [-0.2, 0) is 18.4 Å². The van der Waals surface area contributed by atoms with Gasteiger partial charge in [0.2, 0.25) is 5.91 Å². The molecular weight excluding hydrogens is 252 g/mol. The van der Waals surface area contributed by atoms with Crippen LogP contribution in [0.25, 0.3) is 0 Å². The molecule has 0 atom stereocenters. The monoisotopic (exact) mass is 278 g/mol. The number of nitrogens with zero attached hydrogens (tertiary/aromatic N) is 2. The molecule has 1 fully saturated rings. The zero-order chi connectivity index (χ0) is 14.7. The van der Waals surface area contributed by atoms with E-state index in [1.54, 1.807) is 0 Å². The number of likely N-dealkylation sites (tertiary alicyclic amines) is 1. The van der Waals surface area contributed by atoms with Crippen molar-refractivity contribution in [2.24, 2.45) is 12.8 Å². The molecule has 1 aliphatic heterocycles. The van der Waals surface area contributed by atoms with Gasteiger partial charge in [-0.2, -0.15) is 0 Å². The van der Waals surface area contributed by atoms with Gasteiger partial charge in [-0.3, -0.25) is 9.69 Å². The number of nitrogens with two attached hydrogens (primary N) is 1. The lowest BCUT2D eigenvalue weighted by molar-refractivity contribution is -0.119. The molecule has 0 aromatic carbocycles. The lowest BCUT2D eigenvalue weighted by atomic mass is 10.0. The van der Waals surface area contributed by atoms with E-state index in [0.29, 0.717) is 12.6 Å². The molecule has 0 spiro atoms. The van der Waals surface area contributed by atoms with E-state index >= 15 is 0 Å². The summed E-state index contributed by atoms with van der Waals surface area (Å²) in [6.07, 6.45) is 2.16. The Balaban J connectivity index is 1.78. The number of aryl methyl sites for hydroxylation is 1. The summed E-state index contributed by atoms with van der Waals surface area (Å²) < 4.78 is 2.23. The van der Waals surface area contributed by atoms with E-state index in [0.717, 1.165) is 32.5 Å². The normalized spacial score (nSPS) is 17.6. The van der Waals surface area contributed by atoms with Crippen LogP contribution in [0.15, 0.2) is 6.07 Å². The summed E-state index contributed by atoms with van der Waals surface area (Å²) in [5.41, 5.74) is 9.24. The summed E-state index contributed by atoms with van der Waals surface area (Å²) in [6.45, 7) is 7.52. The van der Waals surface area contributed by atoms with Crippen LogP contribution >= 0.6 is 0 Å². The maximum Gasteiger partial charge on any atom is 0.231 e. The van der Waals surface area contributed by atoms with Crippen molar-refractivity contribution in [1.82, 2.24) is 14.8 Å². The number of primary amides is 1. The smallest absolute Gasteiger partial charge is 0.231 e. The van der Waals surface area contributed by atoms with Crippen LogP contribution in [0, 0.1) is 13.8 Å². The standard InChI is InChI=1S/C15H26N4O/c1-11-8-13(12(2)18(11)3)9-17-14-4-6-19(7-5-14)10-15(16)20/h8,14,17H,4-7,9-10H2,1-3H3,(H2,16,20). The van der Waals surface area contributed by atoms with Gasteiger partial charge in [-0.05, 0) is 38.3 Å². The minimum atomic E-state index is -0.230. The topological polar surface area (TPSA) is 63.3 Å². The van der Waals surface area contributed by atoms with Crippen molar-refractivity contribution in [3.05, 3.63) is 23.0 Å². The van der Waals surface area contributed by atoms with Gasteiger partial charge in [-0.1, -0.05) is 0 Å². The Morgan fingerprint density at radius 3 is 2.55 bits per heavy atom. The van der Waals surface area contributed by atoms with Gasteiger partial charge >= 0.3 is 0 Å². The second kappa shape index (κ2) is 6.41. The maximum atomic E-state index is 10.9. The van der Waals surface area contributed by atoms with Crippen LogP contribution in [0.4, 0.5) is 0 Å². The van der Waals surface area contributed by atoms with Crippen molar-refractivity contribution >= 4 is 5.91 Å². The van der Waals surface area contributed by atoms with Gasteiger partial charge in [-0.15, -0.1) is 0 Å². The van der Waals surface area contributed by atoms with Crippen molar-refractivity contribution in [2.45, 2.75) is 39.3 Å². The average Bonchev–Trinajstić information content (AvgIpc) is 2.65. The van der Waals surface area contributed by atoms with Crippen molar-refractivity contribution < 1.29 is 4.79 Å². The number of piperidine rings is 1. The van der Waals surface area contributed by atoms with Crippen LogP contribution in [-0.4, -0.2) is 41.1 Å². The van der Waals surface area contributed by atoms with E-state index in [-0.39, 0.29) is 5.91 Å². The number of hydrogen-bond acceptors (Lipinski definition) is 3. The number of rotatable bonds is 5. The highest BCUT2D eigenvalue weighted by atomic mass is 16.1. The van der Waals surface area contributed by atoms with Crippen molar-refractivity contribution in [2.75, 3.05) is 19.6 Å². The fourth-order valence-corrected chi connectivity index (χ4v) is 2.88. The molecular formula is C15H26N4O. The summed E-state index contributed by atoms with van der Waals surface area (Å²) in [5, 5.41) is 3.64. The lowest BCUT2D eigenvalue weighted by Crippen LogP contribution is -2.45. The molecule has 1 aliphatic rings. The third kappa shape index (κ3) is 3.61. The van der Waals surface area contributed by atoms with Crippen LogP contribution in [0.5, 0.6) is 0 Å². The van der Waals surface area contributed by atoms with Crippen molar-refractivity contribution in [1.29, 1.82) is 0 Å². The second-order valence-corrected chi connectivity index (χ2v) is 5.85. The summed E-state index contributed by atoms with van der Waals surface area (Å²) in [6, 6.07) is 2.80. The fourth-order valence-electron chi connectivity index (χ4n) is 2.88. The first-order valence-corrected chi connectivity index (χ1v) is 7.33. The molecule has 5 heteroatoms. The third-order valence-electron chi connectivity index (χ3n) is 4.43. The molecule has 0 unspecified atom stereocenters. The Morgan fingerprint density at radius 1 is 1.40 bits per heavy atom. The molecule has 0 aliphatic carbocycles. The lowest BCUT2D eigenvalue weighted by Gasteiger charge is -2.31. The van der Waals surface area contributed by atoms with Gasteiger partial charge in [0.25, 0.3) is 0 Å². The average molecular weight is 278 g/mol. The molecule has 112 valence electrons. The number of carbonyl (C=O) groups excluding carboxylic acids is 1. The molecule has 3 N–H and O–H groups in total. The van der Waals surface area contributed by atoms with Gasteiger partial charge in [0.1, 0.15) is 0 Å². The van der Waals surface area contributed by atoms with Crippen molar-refractivity contribution in [3.8, 4) is 0 Å². The summed E-state index contributed by atoms with van der Waals surface area (Å²) in [4.78, 5) is 13.0. The molecule has 5 nitrogen and oxygen atoms in total. The molecule has 0 saturated carbocycles. The highest BCUT2D eigenvalue weighted by molar-refractivity contribution is 5.75. The van der Waals surface area contributed by atoms with E-state index in [4.69, 9.17) is 5.73 Å².